The van der Waals surface area contributed by atoms with Crippen molar-refractivity contribution in [1.82, 2.24) is 10.6 Å². The van der Waals surface area contributed by atoms with Crippen LogP contribution in [0.1, 0.15) is 47.9 Å². The molecule has 3 nitrogen and oxygen atoms in total. The molecule has 0 atom stereocenters. The summed E-state index contributed by atoms with van der Waals surface area (Å²) in [5.41, 5.74) is 4.21. The topological polar surface area (TPSA) is 41.1 Å². The highest BCUT2D eigenvalue weighted by Crippen LogP contribution is 2.41. The number of rotatable bonds is 4. The molecule has 4 rings (SSSR count). The van der Waals surface area contributed by atoms with E-state index in [-0.39, 0.29) is 24.1 Å². The number of halogens is 2. The van der Waals surface area contributed by atoms with E-state index in [1.165, 1.54) is 23.3 Å². The van der Waals surface area contributed by atoms with Crippen molar-refractivity contribution in [3.63, 3.8) is 0 Å². The van der Waals surface area contributed by atoms with E-state index in [2.05, 4.69) is 28.8 Å². The molecule has 26 heavy (non-hydrogen) atoms. The van der Waals surface area contributed by atoms with Gasteiger partial charge < -0.3 is 10.6 Å². The van der Waals surface area contributed by atoms with E-state index >= 15 is 0 Å². The van der Waals surface area contributed by atoms with Crippen molar-refractivity contribution in [2.75, 3.05) is 0 Å². The summed E-state index contributed by atoms with van der Waals surface area (Å²) in [7, 11) is 0. The number of carbonyl (C=O) groups excluding carboxylic acids is 1. The van der Waals surface area contributed by atoms with Gasteiger partial charge in [-0.15, -0.1) is 12.4 Å². The molecule has 1 fully saturated rings. The summed E-state index contributed by atoms with van der Waals surface area (Å²) < 4.78 is 13.3. The van der Waals surface area contributed by atoms with Crippen LogP contribution in [0.5, 0.6) is 0 Å². The van der Waals surface area contributed by atoms with Gasteiger partial charge in [-0.1, -0.05) is 43.2 Å². The van der Waals surface area contributed by atoms with E-state index < -0.39 is 5.41 Å². The fraction of sp³-hybridized carbons (Fsp3) is 0.381. The van der Waals surface area contributed by atoms with Gasteiger partial charge in [0.1, 0.15) is 5.82 Å². The van der Waals surface area contributed by atoms with Gasteiger partial charge in [0.2, 0.25) is 5.91 Å². The van der Waals surface area contributed by atoms with E-state index in [0.29, 0.717) is 6.54 Å². The molecule has 1 aliphatic carbocycles. The first-order valence-electron chi connectivity index (χ1n) is 9.03. The second-order valence-electron chi connectivity index (χ2n) is 7.19. The quantitative estimate of drug-likeness (QED) is 0.849. The minimum atomic E-state index is -0.508. The average Bonchev–Trinajstić information content (AvgIpc) is 3.29. The Bertz CT molecular complexity index is 785. The molecule has 0 aromatic heterocycles. The lowest BCUT2D eigenvalue weighted by Gasteiger charge is -2.28. The molecule has 0 radical (unpaired) electrons. The highest BCUT2D eigenvalue weighted by atomic mass is 35.5. The molecule has 0 unspecified atom stereocenters. The standard InChI is InChI=1S/C21H23FN2O.ClH/c22-19-7-5-18(6-8-19)21(9-1-2-10-21)20(25)24-12-15-3-4-16-13-23-14-17(16)11-15;/h3-8,11,23H,1-2,9-10,12-14H2,(H,24,25);1H. The second-order valence-corrected chi connectivity index (χ2v) is 7.19. The van der Waals surface area contributed by atoms with Gasteiger partial charge >= 0.3 is 0 Å². The predicted octanol–water partition coefficient (Wildman–Crippen LogP) is 3.98. The molecule has 5 heteroatoms. The van der Waals surface area contributed by atoms with Gasteiger partial charge in [0, 0.05) is 19.6 Å². The van der Waals surface area contributed by atoms with Gasteiger partial charge in [-0.3, -0.25) is 4.79 Å². The highest BCUT2D eigenvalue weighted by molar-refractivity contribution is 5.88. The zero-order chi connectivity index (χ0) is 17.3. The third-order valence-corrected chi connectivity index (χ3v) is 5.64. The first-order chi connectivity index (χ1) is 12.2. The summed E-state index contributed by atoms with van der Waals surface area (Å²) in [5, 5.41) is 6.47. The van der Waals surface area contributed by atoms with Gasteiger partial charge in [-0.25, -0.2) is 4.39 Å². The van der Waals surface area contributed by atoms with E-state index in [1.807, 2.05) is 0 Å². The Kier molecular flexibility index (Phi) is 5.64. The first-order valence-corrected chi connectivity index (χ1v) is 9.03. The molecular weight excluding hydrogens is 351 g/mol. The van der Waals surface area contributed by atoms with Crippen LogP contribution in [-0.4, -0.2) is 5.91 Å². The largest absolute Gasteiger partial charge is 0.351 e. The van der Waals surface area contributed by atoms with Crippen molar-refractivity contribution in [2.24, 2.45) is 0 Å². The minimum absolute atomic E-state index is 0. The number of benzene rings is 2. The fourth-order valence-corrected chi connectivity index (χ4v) is 4.20. The second kappa shape index (κ2) is 7.77. The maximum atomic E-state index is 13.3. The molecule has 2 aliphatic rings. The molecule has 2 N–H and O–H groups in total. The van der Waals surface area contributed by atoms with Gasteiger partial charge in [0.05, 0.1) is 5.41 Å². The van der Waals surface area contributed by atoms with Crippen LogP contribution in [0.25, 0.3) is 0 Å². The normalized spacial score (nSPS) is 17.4. The smallest absolute Gasteiger partial charge is 0.230 e. The lowest BCUT2D eigenvalue weighted by atomic mass is 9.78. The summed E-state index contributed by atoms with van der Waals surface area (Å²) in [4.78, 5) is 13.0. The van der Waals surface area contributed by atoms with Crippen molar-refractivity contribution < 1.29 is 9.18 Å². The van der Waals surface area contributed by atoms with Gasteiger partial charge in [0.25, 0.3) is 0 Å². The Morgan fingerprint density at radius 2 is 1.73 bits per heavy atom. The number of nitrogens with one attached hydrogen (secondary N) is 2. The maximum absolute atomic E-state index is 13.3. The van der Waals surface area contributed by atoms with Crippen LogP contribution in [0.3, 0.4) is 0 Å². The third-order valence-electron chi connectivity index (χ3n) is 5.64. The van der Waals surface area contributed by atoms with E-state index in [0.717, 1.165) is 49.9 Å². The Morgan fingerprint density at radius 1 is 1.04 bits per heavy atom. The molecule has 0 saturated heterocycles. The summed E-state index contributed by atoms with van der Waals surface area (Å²) in [5.74, 6) is -0.195. The molecule has 1 amide bonds. The number of hydrogen-bond donors (Lipinski definition) is 2. The van der Waals surface area contributed by atoms with Crippen LogP contribution in [0.15, 0.2) is 42.5 Å². The molecule has 138 valence electrons. The molecule has 0 spiro atoms. The van der Waals surface area contributed by atoms with Crippen LogP contribution < -0.4 is 10.6 Å². The minimum Gasteiger partial charge on any atom is -0.351 e. The van der Waals surface area contributed by atoms with Crippen molar-refractivity contribution >= 4 is 18.3 Å². The molecule has 1 aliphatic heterocycles. The zero-order valence-corrected chi connectivity index (χ0v) is 15.5. The lowest BCUT2D eigenvalue weighted by Crippen LogP contribution is -2.42. The fourth-order valence-electron chi connectivity index (χ4n) is 4.20. The van der Waals surface area contributed by atoms with Crippen LogP contribution in [0.2, 0.25) is 0 Å². The van der Waals surface area contributed by atoms with Crippen molar-refractivity contribution in [2.45, 2.75) is 50.7 Å². The van der Waals surface area contributed by atoms with Crippen molar-refractivity contribution in [3.8, 4) is 0 Å². The first kappa shape index (κ1) is 18.9. The Morgan fingerprint density at radius 3 is 2.46 bits per heavy atom. The lowest BCUT2D eigenvalue weighted by molar-refractivity contribution is -0.126. The number of amides is 1. The predicted molar refractivity (Wildman–Crippen MR) is 103 cm³/mol. The van der Waals surface area contributed by atoms with Crippen molar-refractivity contribution in [1.29, 1.82) is 0 Å². The number of carbonyl (C=O) groups is 1. The third kappa shape index (κ3) is 3.49. The molecule has 2 aromatic rings. The summed E-state index contributed by atoms with van der Waals surface area (Å²) in [6.45, 7) is 2.36. The van der Waals surface area contributed by atoms with Gasteiger partial charge in [-0.05, 0) is 47.2 Å². The average molecular weight is 375 g/mol. The molecule has 0 bridgehead atoms. The SMILES string of the molecule is Cl.O=C(NCc1ccc2c(c1)CNC2)C1(c2ccc(F)cc2)CCCC1. The Balaban J connectivity index is 0.00000196. The molecule has 1 heterocycles. The highest BCUT2D eigenvalue weighted by Gasteiger charge is 2.42. The Labute approximate surface area is 159 Å². The van der Waals surface area contributed by atoms with E-state index in [9.17, 15) is 9.18 Å². The number of hydrogen-bond acceptors (Lipinski definition) is 2. The van der Waals surface area contributed by atoms with Crippen LogP contribution in [-0.2, 0) is 29.8 Å². The molecule has 1 saturated carbocycles. The monoisotopic (exact) mass is 374 g/mol. The summed E-state index contributed by atoms with van der Waals surface area (Å²) >= 11 is 0. The van der Waals surface area contributed by atoms with Gasteiger partial charge in [-0.2, -0.15) is 0 Å². The van der Waals surface area contributed by atoms with Crippen LogP contribution in [0.4, 0.5) is 4.39 Å². The van der Waals surface area contributed by atoms with Crippen molar-refractivity contribution in [3.05, 3.63) is 70.5 Å². The maximum Gasteiger partial charge on any atom is 0.230 e. The zero-order valence-electron chi connectivity index (χ0n) is 14.7. The molecule has 2 aromatic carbocycles. The molecular formula is C21H24ClFN2O. The Hall–Kier alpha value is -1.91. The number of fused-ring (bicyclic) bond motifs is 1. The summed E-state index contributed by atoms with van der Waals surface area (Å²) in [6, 6.07) is 12.8. The van der Waals surface area contributed by atoms with E-state index in [4.69, 9.17) is 0 Å². The van der Waals surface area contributed by atoms with Gasteiger partial charge in [0.15, 0.2) is 0 Å². The van der Waals surface area contributed by atoms with Crippen LogP contribution >= 0.6 is 12.4 Å². The summed E-state index contributed by atoms with van der Waals surface area (Å²) in [6.07, 6.45) is 3.74. The van der Waals surface area contributed by atoms with Crippen LogP contribution in [0, 0.1) is 5.82 Å². The van der Waals surface area contributed by atoms with E-state index in [1.54, 1.807) is 12.1 Å².